The highest BCUT2D eigenvalue weighted by Gasteiger charge is 2.34. The quantitative estimate of drug-likeness (QED) is 0.620. The van der Waals surface area contributed by atoms with Gasteiger partial charge in [0.1, 0.15) is 5.75 Å². The highest BCUT2D eigenvalue weighted by Crippen LogP contribution is 2.31. The van der Waals surface area contributed by atoms with E-state index in [-0.39, 0.29) is 0 Å². The summed E-state index contributed by atoms with van der Waals surface area (Å²) in [5.41, 5.74) is 2.35. The molecule has 2 aliphatic rings. The molecule has 0 amide bonds. The molecule has 1 saturated carbocycles. The van der Waals surface area contributed by atoms with E-state index >= 15 is 0 Å². The van der Waals surface area contributed by atoms with Crippen LogP contribution in [0.1, 0.15) is 30.4 Å². The van der Waals surface area contributed by atoms with Gasteiger partial charge < -0.3 is 20.3 Å². The Labute approximate surface area is 145 Å². The number of benzene rings is 1. The van der Waals surface area contributed by atoms with Crippen LogP contribution in [0.4, 0.5) is 0 Å². The summed E-state index contributed by atoms with van der Waals surface area (Å²) in [4.78, 5) is 7.00. The Balaban J connectivity index is 1.45. The second kappa shape index (κ2) is 7.88. The lowest BCUT2D eigenvalue weighted by atomic mass is 10.1. The molecule has 1 unspecified atom stereocenters. The lowest BCUT2D eigenvalue weighted by Gasteiger charge is -2.17. The van der Waals surface area contributed by atoms with Crippen molar-refractivity contribution in [2.75, 3.05) is 33.8 Å². The zero-order valence-corrected chi connectivity index (χ0v) is 15.1. The molecule has 5 nitrogen and oxygen atoms in total. The van der Waals surface area contributed by atoms with Crippen molar-refractivity contribution in [2.24, 2.45) is 10.9 Å². The van der Waals surface area contributed by atoms with Crippen molar-refractivity contribution in [1.29, 1.82) is 0 Å². The van der Waals surface area contributed by atoms with Gasteiger partial charge in [-0.05, 0) is 50.3 Å². The number of rotatable bonds is 6. The molecule has 5 heteroatoms. The van der Waals surface area contributed by atoms with Crippen LogP contribution in [-0.4, -0.2) is 50.7 Å². The van der Waals surface area contributed by atoms with Crippen LogP contribution in [0.25, 0.3) is 0 Å². The van der Waals surface area contributed by atoms with Crippen LogP contribution in [0.2, 0.25) is 0 Å². The van der Waals surface area contributed by atoms with E-state index in [1.165, 1.54) is 37.9 Å². The Hall–Kier alpha value is -1.75. The number of nitrogens with one attached hydrogen (secondary N) is 2. The van der Waals surface area contributed by atoms with Crippen LogP contribution >= 0.6 is 0 Å². The Morgan fingerprint density at radius 3 is 2.83 bits per heavy atom. The van der Waals surface area contributed by atoms with Crippen molar-refractivity contribution < 1.29 is 4.74 Å². The van der Waals surface area contributed by atoms with Gasteiger partial charge in [-0.15, -0.1) is 0 Å². The zero-order chi connectivity index (χ0) is 16.9. The average molecular weight is 330 g/mol. The van der Waals surface area contributed by atoms with Crippen LogP contribution < -0.4 is 15.4 Å². The van der Waals surface area contributed by atoms with Crippen molar-refractivity contribution in [3.05, 3.63) is 29.3 Å². The first-order chi connectivity index (χ1) is 11.7. The predicted octanol–water partition coefficient (Wildman–Crippen LogP) is 2.15. The second-order valence-electron chi connectivity index (χ2n) is 7.00. The fraction of sp³-hybridized carbons (Fsp3) is 0.632. The molecule has 1 aromatic rings. The molecule has 2 N–H and O–H groups in total. The normalized spacial score (nSPS) is 21.8. The molecular weight excluding hydrogens is 300 g/mol. The fourth-order valence-electron chi connectivity index (χ4n) is 3.44. The molecule has 2 fully saturated rings. The lowest BCUT2D eigenvalue weighted by Crippen LogP contribution is -2.40. The molecule has 0 aromatic heterocycles. The molecule has 0 spiro atoms. The average Bonchev–Trinajstić information content (AvgIpc) is 3.34. The Morgan fingerprint density at radius 1 is 1.29 bits per heavy atom. The van der Waals surface area contributed by atoms with E-state index < -0.39 is 0 Å². The first-order valence-corrected chi connectivity index (χ1v) is 9.01. The maximum Gasteiger partial charge on any atom is 0.191 e. The molecule has 1 saturated heterocycles. The third-order valence-electron chi connectivity index (χ3n) is 5.05. The van der Waals surface area contributed by atoms with E-state index in [0.717, 1.165) is 35.8 Å². The topological polar surface area (TPSA) is 48.9 Å². The predicted molar refractivity (Wildman–Crippen MR) is 98.6 cm³/mol. The van der Waals surface area contributed by atoms with Gasteiger partial charge in [-0.25, -0.2) is 0 Å². The minimum atomic E-state index is 0.710. The third-order valence-corrected chi connectivity index (χ3v) is 5.05. The molecule has 1 aromatic carbocycles. The van der Waals surface area contributed by atoms with E-state index in [9.17, 15) is 0 Å². The van der Waals surface area contributed by atoms with Crippen molar-refractivity contribution in [3.8, 4) is 5.75 Å². The molecule has 1 atom stereocenters. The molecule has 24 heavy (non-hydrogen) atoms. The molecule has 1 aliphatic carbocycles. The van der Waals surface area contributed by atoms with Gasteiger partial charge in [-0.2, -0.15) is 0 Å². The van der Waals surface area contributed by atoms with Gasteiger partial charge in [-0.1, -0.05) is 12.1 Å². The third kappa shape index (κ3) is 4.41. The summed E-state index contributed by atoms with van der Waals surface area (Å²) < 4.78 is 5.47. The minimum absolute atomic E-state index is 0.710. The maximum absolute atomic E-state index is 5.47. The molecule has 1 heterocycles. The maximum atomic E-state index is 5.47. The number of methoxy groups -OCH3 is 1. The van der Waals surface area contributed by atoms with Gasteiger partial charge >= 0.3 is 0 Å². The van der Waals surface area contributed by atoms with Gasteiger partial charge in [-0.3, -0.25) is 4.99 Å². The largest absolute Gasteiger partial charge is 0.496 e. The Kier molecular flexibility index (Phi) is 5.61. The highest BCUT2D eigenvalue weighted by atomic mass is 16.5. The van der Waals surface area contributed by atoms with Gasteiger partial charge in [0.2, 0.25) is 0 Å². The molecule has 3 rings (SSSR count). The summed E-state index contributed by atoms with van der Waals surface area (Å²) in [6, 6.07) is 7.18. The van der Waals surface area contributed by atoms with Gasteiger partial charge in [0.15, 0.2) is 5.96 Å². The van der Waals surface area contributed by atoms with E-state index in [4.69, 9.17) is 4.74 Å². The second-order valence-corrected chi connectivity index (χ2v) is 7.00. The number of guanidine groups is 1. The number of hydrogen-bond donors (Lipinski definition) is 2. The first-order valence-electron chi connectivity index (χ1n) is 9.01. The van der Waals surface area contributed by atoms with Crippen LogP contribution in [0.15, 0.2) is 23.2 Å². The number of aliphatic imine (C=N–C) groups is 1. The fourth-order valence-corrected chi connectivity index (χ4v) is 3.44. The molecular formula is C19H30N4O. The van der Waals surface area contributed by atoms with E-state index in [1.807, 2.05) is 7.05 Å². The van der Waals surface area contributed by atoms with Crippen molar-refractivity contribution in [3.63, 3.8) is 0 Å². The molecule has 0 radical (unpaired) electrons. The molecule has 1 aliphatic heterocycles. The Morgan fingerprint density at radius 2 is 2.12 bits per heavy atom. The zero-order valence-electron chi connectivity index (χ0n) is 15.1. The van der Waals surface area contributed by atoms with Gasteiger partial charge in [0, 0.05) is 38.3 Å². The number of ether oxygens (including phenoxy) is 1. The number of likely N-dealkylation sites (tertiary alicyclic amines) is 1. The van der Waals surface area contributed by atoms with Crippen molar-refractivity contribution in [2.45, 2.75) is 38.8 Å². The summed E-state index contributed by atoms with van der Waals surface area (Å²) >= 11 is 0. The van der Waals surface area contributed by atoms with Crippen molar-refractivity contribution in [1.82, 2.24) is 15.5 Å². The van der Waals surface area contributed by atoms with Crippen LogP contribution in [0, 0.1) is 12.8 Å². The molecule has 0 bridgehead atoms. The van der Waals surface area contributed by atoms with Gasteiger partial charge in [0.25, 0.3) is 0 Å². The first kappa shape index (κ1) is 17.1. The Bertz CT molecular complexity index is 583. The SMILES string of the molecule is CN=C(NCc1ccc(C)cc1OC)NCC1CCN(C2CC2)C1. The standard InChI is InChI=1S/C19H30N4O/c1-14-4-5-16(18(10-14)24-3)12-22-19(20-2)21-11-15-8-9-23(13-15)17-6-7-17/h4-5,10,15,17H,6-9,11-13H2,1-3H3,(H2,20,21,22). The van der Waals surface area contributed by atoms with Crippen LogP contribution in [0.5, 0.6) is 5.75 Å². The summed E-state index contributed by atoms with van der Waals surface area (Å²) in [6.07, 6.45) is 4.11. The van der Waals surface area contributed by atoms with E-state index in [2.05, 4.69) is 45.6 Å². The minimum Gasteiger partial charge on any atom is -0.496 e. The van der Waals surface area contributed by atoms with Crippen LogP contribution in [-0.2, 0) is 6.54 Å². The number of aryl methyl sites for hydroxylation is 1. The number of nitrogens with zero attached hydrogens (tertiary/aromatic N) is 2. The highest BCUT2D eigenvalue weighted by molar-refractivity contribution is 5.79. The summed E-state index contributed by atoms with van der Waals surface area (Å²) in [7, 11) is 3.55. The monoisotopic (exact) mass is 330 g/mol. The summed E-state index contributed by atoms with van der Waals surface area (Å²) in [6.45, 7) is 6.28. The summed E-state index contributed by atoms with van der Waals surface area (Å²) in [5, 5.41) is 6.88. The van der Waals surface area contributed by atoms with Crippen LogP contribution in [0.3, 0.4) is 0 Å². The molecule has 132 valence electrons. The van der Waals surface area contributed by atoms with E-state index in [1.54, 1.807) is 7.11 Å². The lowest BCUT2D eigenvalue weighted by molar-refractivity contribution is 0.314. The summed E-state index contributed by atoms with van der Waals surface area (Å²) in [5.74, 6) is 2.52. The smallest absolute Gasteiger partial charge is 0.191 e. The number of hydrogen-bond acceptors (Lipinski definition) is 3. The van der Waals surface area contributed by atoms with Gasteiger partial charge in [0.05, 0.1) is 7.11 Å². The van der Waals surface area contributed by atoms with E-state index in [0.29, 0.717) is 6.54 Å². The van der Waals surface area contributed by atoms with Crippen molar-refractivity contribution >= 4 is 5.96 Å².